The Bertz CT molecular complexity index is 589. The van der Waals surface area contributed by atoms with E-state index in [0.29, 0.717) is 43.2 Å². The van der Waals surface area contributed by atoms with Crippen molar-refractivity contribution >= 4 is 11.7 Å². The minimum absolute atomic E-state index is 0.321. The molecule has 25 heavy (non-hydrogen) atoms. The number of halogens is 3. The maximum atomic E-state index is 12.9. The second-order valence-corrected chi connectivity index (χ2v) is 5.59. The van der Waals surface area contributed by atoms with Gasteiger partial charge in [-0.2, -0.15) is 13.2 Å². The molecule has 0 atom stereocenters. The predicted octanol–water partition coefficient (Wildman–Crippen LogP) is 3.28. The van der Waals surface area contributed by atoms with E-state index in [2.05, 4.69) is 5.32 Å². The van der Waals surface area contributed by atoms with Crippen LogP contribution in [0.1, 0.15) is 12.8 Å². The molecule has 140 valence electrons. The van der Waals surface area contributed by atoms with Gasteiger partial charge in [-0.3, -0.25) is 0 Å². The average molecular weight is 362 g/mol. The number of amides is 2. The zero-order chi connectivity index (χ0) is 18.4. The molecule has 2 amide bonds. The summed E-state index contributed by atoms with van der Waals surface area (Å²) in [6.45, 7) is -0.637. The number of carbonyl (C=O) groups is 1. The third-order valence-corrected chi connectivity index (χ3v) is 3.88. The van der Waals surface area contributed by atoms with Crippen LogP contribution in [0.15, 0.2) is 18.2 Å². The quantitative estimate of drug-likeness (QED) is 0.873. The number of hydrogen-bond acceptors (Lipinski definition) is 4. The van der Waals surface area contributed by atoms with E-state index in [1.807, 2.05) is 0 Å². The van der Waals surface area contributed by atoms with Crippen molar-refractivity contribution in [2.75, 3.05) is 39.3 Å². The number of carbonyl (C=O) groups excluding carboxylic acids is 1. The Labute approximate surface area is 143 Å². The summed E-state index contributed by atoms with van der Waals surface area (Å²) in [6.07, 6.45) is -3.74. The Hall–Kier alpha value is -2.16. The molecule has 0 radical (unpaired) electrons. The summed E-state index contributed by atoms with van der Waals surface area (Å²) < 4.78 is 54.1. The van der Waals surface area contributed by atoms with Gasteiger partial charge in [-0.25, -0.2) is 4.79 Å². The fourth-order valence-electron chi connectivity index (χ4n) is 2.67. The smallest absolute Gasteiger partial charge is 0.406 e. The van der Waals surface area contributed by atoms with Gasteiger partial charge in [-0.1, -0.05) is 0 Å². The largest absolute Gasteiger partial charge is 0.493 e. The minimum atomic E-state index is -4.48. The van der Waals surface area contributed by atoms with Crippen LogP contribution in [-0.4, -0.2) is 57.1 Å². The fraction of sp³-hybridized carbons (Fsp3) is 0.562. The van der Waals surface area contributed by atoms with Crippen LogP contribution in [-0.2, 0) is 4.74 Å². The molecule has 6 nitrogen and oxygen atoms in total. The molecule has 0 bridgehead atoms. The van der Waals surface area contributed by atoms with Crippen molar-refractivity contribution in [3.05, 3.63) is 18.2 Å². The average Bonchev–Trinajstić information content (AvgIpc) is 2.59. The summed E-state index contributed by atoms with van der Waals surface area (Å²) >= 11 is 0. The molecule has 2 rings (SSSR count). The van der Waals surface area contributed by atoms with Gasteiger partial charge in [0.2, 0.25) is 0 Å². The molecular formula is C16H21F3N2O4. The summed E-state index contributed by atoms with van der Waals surface area (Å²) in [5.74, 6) is 0.825. The third-order valence-electron chi connectivity index (χ3n) is 3.88. The summed E-state index contributed by atoms with van der Waals surface area (Å²) in [4.78, 5) is 13.3. The van der Waals surface area contributed by atoms with Crippen LogP contribution in [0.3, 0.4) is 0 Å². The van der Waals surface area contributed by atoms with Crippen molar-refractivity contribution in [3.63, 3.8) is 0 Å². The van der Waals surface area contributed by atoms with Gasteiger partial charge in [0.05, 0.1) is 14.2 Å². The number of alkyl halides is 3. The molecule has 0 spiro atoms. The van der Waals surface area contributed by atoms with Gasteiger partial charge in [0.1, 0.15) is 6.54 Å². The highest BCUT2D eigenvalue weighted by molar-refractivity contribution is 5.90. The van der Waals surface area contributed by atoms with Crippen molar-refractivity contribution in [2.24, 2.45) is 0 Å². The number of nitrogens with zero attached hydrogens (tertiary/aromatic N) is 1. The molecule has 1 heterocycles. The molecule has 9 heteroatoms. The molecule has 0 aliphatic carbocycles. The van der Waals surface area contributed by atoms with Crippen LogP contribution < -0.4 is 14.8 Å². The molecule has 0 unspecified atom stereocenters. The second kappa shape index (κ2) is 8.28. The predicted molar refractivity (Wildman–Crippen MR) is 85.2 cm³/mol. The molecule has 1 saturated heterocycles. The number of nitrogens with one attached hydrogen (secondary N) is 1. The zero-order valence-electron chi connectivity index (χ0n) is 14.1. The molecule has 1 aliphatic heterocycles. The van der Waals surface area contributed by atoms with Crippen molar-refractivity contribution in [1.82, 2.24) is 4.90 Å². The molecular weight excluding hydrogens is 341 g/mol. The lowest BCUT2D eigenvalue weighted by atomic mass is 10.1. The molecule has 1 aromatic rings. The Kier molecular flexibility index (Phi) is 6.35. The number of rotatable bonds is 5. The number of urea groups is 1. The van der Waals surface area contributed by atoms with Crippen LogP contribution in [0.25, 0.3) is 0 Å². The lowest BCUT2D eigenvalue weighted by molar-refractivity contribution is -0.146. The molecule has 1 aromatic carbocycles. The number of ether oxygens (including phenoxy) is 3. The highest BCUT2D eigenvalue weighted by Gasteiger charge is 2.37. The minimum Gasteiger partial charge on any atom is -0.493 e. The fourth-order valence-corrected chi connectivity index (χ4v) is 2.67. The van der Waals surface area contributed by atoms with Crippen LogP contribution in [0, 0.1) is 0 Å². The normalized spacial score (nSPS) is 15.6. The highest BCUT2D eigenvalue weighted by atomic mass is 19.4. The first-order chi connectivity index (χ1) is 11.8. The number of hydrogen-bond donors (Lipinski definition) is 1. The second-order valence-electron chi connectivity index (χ2n) is 5.59. The number of methoxy groups -OCH3 is 2. The first kappa shape index (κ1) is 19.2. The van der Waals surface area contributed by atoms with E-state index in [4.69, 9.17) is 14.2 Å². The third kappa shape index (κ3) is 5.42. The van der Waals surface area contributed by atoms with Gasteiger partial charge in [0.15, 0.2) is 11.5 Å². The maximum absolute atomic E-state index is 12.9. The molecule has 0 saturated carbocycles. The summed E-state index contributed by atoms with van der Waals surface area (Å²) in [5, 5.41) is 2.50. The van der Waals surface area contributed by atoms with E-state index in [-0.39, 0.29) is 0 Å². The Morgan fingerprint density at radius 2 is 1.88 bits per heavy atom. The van der Waals surface area contributed by atoms with Crippen LogP contribution in [0.4, 0.5) is 23.7 Å². The van der Waals surface area contributed by atoms with Gasteiger partial charge >= 0.3 is 12.2 Å². The van der Waals surface area contributed by atoms with Crippen LogP contribution >= 0.6 is 0 Å². The van der Waals surface area contributed by atoms with Crippen LogP contribution in [0.2, 0.25) is 0 Å². The van der Waals surface area contributed by atoms with Crippen molar-refractivity contribution in [1.29, 1.82) is 0 Å². The van der Waals surface area contributed by atoms with Gasteiger partial charge in [-0.05, 0) is 25.0 Å². The zero-order valence-corrected chi connectivity index (χ0v) is 14.1. The Morgan fingerprint density at radius 3 is 2.44 bits per heavy atom. The van der Waals surface area contributed by atoms with Crippen molar-refractivity contribution < 1.29 is 32.2 Å². The molecule has 1 fully saturated rings. The summed E-state index contributed by atoms with van der Waals surface area (Å²) in [5.41, 5.74) is 0.321. The van der Waals surface area contributed by atoms with Gasteiger partial charge in [-0.15, -0.1) is 0 Å². The van der Waals surface area contributed by atoms with E-state index >= 15 is 0 Å². The van der Waals surface area contributed by atoms with Crippen LogP contribution in [0.5, 0.6) is 11.5 Å². The maximum Gasteiger partial charge on any atom is 0.406 e. The van der Waals surface area contributed by atoms with E-state index in [9.17, 15) is 18.0 Å². The molecule has 0 aromatic heterocycles. The molecule has 1 N–H and O–H groups in total. The van der Waals surface area contributed by atoms with Gasteiger partial charge in [0, 0.05) is 31.0 Å². The first-order valence-corrected chi connectivity index (χ1v) is 7.78. The van der Waals surface area contributed by atoms with Crippen molar-refractivity contribution in [2.45, 2.75) is 25.1 Å². The number of anilines is 1. The lowest BCUT2D eigenvalue weighted by Crippen LogP contribution is -2.49. The standard InChI is InChI=1S/C16H21F3N2O4/c1-23-13-4-3-11(9-14(13)24-2)20-15(22)21(10-16(17,18)19)12-5-7-25-8-6-12/h3-4,9,12H,5-8,10H2,1-2H3,(H,20,22). The first-order valence-electron chi connectivity index (χ1n) is 7.78. The topological polar surface area (TPSA) is 60.0 Å². The van der Waals surface area contributed by atoms with E-state index in [1.54, 1.807) is 6.07 Å². The Balaban J connectivity index is 2.15. The SMILES string of the molecule is COc1ccc(NC(=O)N(CC(F)(F)F)C2CCOCC2)cc1OC. The monoisotopic (exact) mass is 362 g/mol. The van der Waals surface area contributed by atoms with E-state index in [0.717, 1.165) is 4.90 Å². The highest BCUT2D eigenvalue weighted by Crippen LogP contribution is 2.30. The van der Waals surface area contributed by atoms with E-state index in [1.165, 1.54) is 26.4 Å². The summed E-state index contributed by atoms with van der Waals surface area (Å²) in [6, 6.07) is 3.27. The van der Waals surface area contributed by atoms with Gasteiger partial charge in [0.25, 0.3) is 0 Å². The van der Waals surface area contributed by atoms with E-state index < -0.39 is 24.8 Å². The summed E-state index contributed by atoms with van der Waals surface area (Å²) in [7, 11) is 2.90. The Morgan fingerprint density at radius 1 is 1.24 bits per heavy atom. The van der Waals surface area contributed by atoms with Crippen molar-refractivity contribution in [3.8, 4) is 11.5 Å². The lowest BCUT2D eigenvalue weighted by Gasteiger charge is -2.34. The number of benzene rings is 1. The molecule has 1 aliphatic rings. The van der Waals surface area contributed by atoms with Gasteiger partial charge < -0.3 is 24.4 Å².